The Balaban J connectivity index is 1.25. The summed E-state index contributed by atoms with van der Waals surface area (Å²) in [5.74, 6) is 0.996. The van der Waals surface area contributed by atoms with Gasteiger partial charge in [0.1, 0.15) is 11.6 Å². The molecule has 0 radical (unpaired) electrons. The molecule has 11 nitrogen and oxygen atoms in total. The Morgan fingerprint density at radius 3 is 2.16 bits per heavy atom. The first-order valence-corrected chi connectivity index (χ1v) is 14.5. The molecule has 0 spiro atoms. The molecule has 2 saturated heterocycles. The Morgan fingerprint density at radius 1 is 0.956 bits per heavy atom. The summed E-state index contributed by atoms with van der Waals surface area (Å²) in [4.78, 5) is 27.9. The molecule has 17 heteroatoms. The highest BCUT2D eigenvalue weighted by Gasteiger charge is 2.70. The number of rotatable bonds is 5. The number of pyridine rings is 1. The number of nitrogen functional groups attached to an aromatic ring is 1. The number of amides is 1. The second-order valence-electron chi connectivity index (χ2n) is 12.1. The van der Waals surface area contributed by atoms with E-state index in [4.69, 9.17) is 16.5 Å². The maximum atomic E-state index is 13.5. The van der Waals surface area contributed by atoms with Crippen LogP contribution in [0.15, 0.2) is 24.5 Å². The number of hydrogen-bond donors (Lipinski definition) is 3. The predicted octanol–water partition coefficient (Wildman–Crippen LogP) is 4.51. The lowest BCUT2D eigenvalue weighted by molar-refractivity contribution is -0.303. The Hall–Kier alpha value is -4.28. The Bertz CT molecular complexity index is 1760. The number of carbonyl (C=O) groups is 1. The molecule has 0 aromatic carbocycles. The van der Waals surface area contributed by atoms with E-state index in [9.17, 15) is 31.1 Å². The van der Waals surface area contributed by atoms with Gasteiger partial charge in [-0.2, -0.15) is 36.0 Å². The summed E-state index contributed by atoms with van der Waals surface area (Å²) in [7, 11) is 0. The van der Waals surface area contributed by atoms with Crippen LogP contribution < -0.4 is 11.5 Å². The second-order valence-corrected chi connectivity index (χ2v) is 12.1. The molecule has 2 atom stereocenters. The lowest BCUT2D eigenvalue weighted by atomic mass is 9.85. The predicted molar refractivity (Wildman–Crippen MR) is 147 cm³/mol. The average molecular weight is 635 g/mol. The molecule has 5 N–H and O–H groups in total. The maximum absolute atomic E-state index is 13.5. The minimum atomic E-state index is -5.83. The minimum Gasteiger partial charge on any atom is -0.383 e. The molecule has 1 aliphatic carbocycles. The molecule has 1 saturated carbocycles. The van der Waals surface area contributed by atoms with Crippen molar-refractivity contribution in [1.29, 1.82) is 0 Å². The number of hydrogen-bond acceptors (Lipinski definition) is 8. The van der Waals surface area contributed by atoms with Gasteiger partial charge in [-0.05, 0) is 57.4 Å². The summed E-state index contributed by atoms with van der Waals surface area (Å²) in [6.07, 6.45) is -4.58. The van der Waals surface area contributed by atoms with Crippen molar-refractivity contribution in [1.82, 2.24) is 39.7 Å². The van der Waals surface area contributed by atoms with Crippen LogP contribution in [-0.2, 0) is 5.54 Å². The third kappa shape index (κ3) is 4.53. The SMILES string of the molecule is Cc1nc(C(=O)N2C3CCC2CC(c2nc4c(-c5ccc(C(N)(C(F)(F)F)C(F)(F)F)nc5)cnn4c(N)c2C2CC2)C3)n[nH]1. The summed E-state index contributed by atoms with van der Waals surface area (Å²) in [6.45, 7) is 1.72. The van der Waals surface area contributed by atoms with Gasteiger partial charge < -0.3 is 16.4 Å². The molecule has 7 rings (SSSR count). The van der Waals surface area contributed by atoms with E-state index >= 15 is 0 Å². The topological polar surface area (TPSA) is 157 Å². The fourth-order valence-corrected chi connectivity index (χ4v) is 6.87. The third-order valence-electron chi connectivity index (χ3n) is 9.25. The van der Waals surface area contributed by atoms with Crippen LogP contribution >= 0.6 is 0 Å². The van der Waals surface area contributed by atoms with Crippen LogP contribution in [0.2, 0.25) is 0 Å². The standard InChI is InChI=1S/C28H28F6N10O/c1-12-39-23(42-41-12)25(45)43-16-5-6-17(43)9-15(8-16)21-20(13-2-3-13)22(35)44-24(40-21)18(11-38-44)14-4-7-19(37-10-14)26(36,27(29,30)31)28(32,33)34/h4,7,10-11,13,15-17H,2-3,5-6,8-9,35-36H2,1H3,(H,39,41,42). The Kier molecular flexibility index (Phi) is 6.45. The number of H-pyrrole nitrogens is 1. The average Bonchev–Trinajstić information content (AvgIpc) is 3.47. The second kappa shape index (κ2) is 9.86. The van der Waals surface area contributed by atoms with Crippen LogP contribution in [0.3, 0.4) is 0 Å². The number of aromatic amines is 1. The van der Waals surface area contributed by atoms with E-state index in [1.165, 1.54) is 10.7 Å². The first-order valence-electron chi connectivity index (χ1n) is 14.5. The van der Waals surface area contributed by atoms with Crippen LogP contribution in [0.4, 0.5) is 32.2 Å². The maximum Gasteiger partial charge on any atom is 0.421 e. The van der Waals surface area contributed by atoms with Crippen molar-refractivity contribution in [2.45, 2.75) is 87.3 Å². The van der Waals surface area contributed by atoms with Gasteiger partial charge in [0, 0.05) is 40.9 Å². The molecule has 2 aliphatic heterocycles. The number of nitrogens with one attached hydrogen (secondary N) is 1. The van der Waals surface area contributed by atoms with Gasteiger partial charge in [-0.3, -0.25) is 14.9 Å². The number of carbonyl (C=O) groups excluding carboxylic acids is 1. The smallest absolute Gasteiger partial charge is 0.383 e. The molecule has 4 aromatic heterocycles. The number of fused-ring (bicyclic) bond motifs is 3. The minimum absolute atomic E-state index is 0.0389. The zero-order chi connectivity index (χ0) is 32.1. The van der Waals surface area contributed by atoms with Gasteiger partial charge in [-0.1, -0.05) is 6.07 Å². The van der Waals surface area contributed by atoms with Gasteiger partial charge in [-0.25, -0.2) is 9.97 Å². The van der Waals surface area contributed by atoms with Crippen molar-refractivity contribution in [3.05, 3.63) is 53.1 Å². The van der Waals surface area contributed by atoms with Gasteiger partial charge in [0.05, 0.1) is 17.6 Å². The summed E-state index contributed by atoms with van der Waals surface area (Å²) in [5, 5.41) is 11.1. The molecule has 3 aliphatic rings. The molecule has 2 bridgehead atoms. The highest BCUT2D eigenvalue weighted by Crippen LogP contribution is 2.51. The molecular formula is C28H28F6N10O. The van der Waals surface area contributed by atoms with Gasteiger partial charge in [0.15, 0.2) is 5.65 Å². The number of alkyl halides is 6. The molecule has 238 valence electrons. The highest BCUT2D eigenvalue weighted by atomic mass is 19.4. The molecule has 4 aromatic rings. The zero-order valence-corrected chi connectivity index (χ0v) is 23.8. The van der Waals surface area contributed by atoms with Gasteiger partial charge in [0.25, 0.3) is 11.4 Å². The monoisotopic (exact) mass is 634 g/mol. The number of nitrogens with zero attached hydrogens (tertiary/aromatic N) is 7. The van der Waals surface area contributed by atoms with Crippen molar-refractivity contribution in [2.24, 2.45) is 5.73 Å². The number of nitrogens with two attached hydrogens (primary N) is 2. The molecule has 2 unspecified atom stereocenters. The summed E-state index contributed by atoms with van der Waals surface area (Å²) >= 11 is 0. The number of aromatic nitrogens is 7. The van der Waals surface area contributed by atoms with Crippen molar-refractivity contribution in [3.63, 3.8) is 0 Å². The van der Waals surface area contributed by atoms with Crippen LogP contribution in [0, 0.1) is 6.92 Å². The fraction of sp³-hybridized carbons (Fsp3) is 0.500. The van der Waals surface area contributed by atoms with Gasteiger partial charge >= 0.3 is 12.4 Å². The lowest BCUT2D eigenvalue weighted by Gasteiger charge is -2.38. The van der Waals surface area contributed by atoms with Crippen molar-refractivity contribution in [3.8, 4) is 11.1 Å². The van der Waals surface area contributed by atoms with Crippen LogP contribution in [0.25, 0.3) is 16.8 Å². The summed E-state index contributed by atoms with van der Waals surface area (Å²) < 4.78 is 82.5. The van der Waals surface area contributed by atoms with Crippen molar-refractivity contribution in [2.75, 3.05) is 5.73 Å². The van der Waals surface area contributed by atoms with E-state index < -0.39 is 23.6 Å². The first-order chi connectivity index (χ1) is 21.2. The summed E-state index contributed by atoms with van der Waals surface area (Å²) in [6, 6.07) is 1.60. The number of piperidine rings is 1. The molecule has 1 amide bonds. The van der Waals surface area contributed by atoms with E-state index in [1.54, 1.807) is 6.92 Å². The Labute approximate surface area is 251 Å². The third-order valence-corrected chi connectivity index (χ3v) is 9.25. The van der Waals surface area contributed by atoms with E-state index in [-0.39, 0.29) is 41.2 Å². The van der Waals surface area contributed by atoms with Crippen molar-refractivity contribution >= 4 is 17.4 Å². The van der Waals surface area contributed by atoms with E-state index in [2.05, 4.69) is 25.3 Å². The van der Waals surface area contributed by atoms with Gasteiger partial charge in [-0.15, -0.1) is 5.10 Å². The largest absolute Gasteiger partial charge is 0.421 e. The van der Waals surface area contributed by atoms with Gasteiger partial charge in [0.2, 0.25) is 5.82 Å². The number of aryl methyl sites for hydroxylation is 1. The quantitative estimate of drug-likeness (QED) is 0.271. The zero-order valence-electron chi connectivity index (χ0n) is 23.8. The number of anilines is 1. The van der Waals surface area contributed by atoms with Crippen LogP contribution in [0.1, 0.15) is 83.8 Å². The Morgan fingerprint density at radius 2 is 1.62 bits per heavy atom. The normalized spacial score (nSPS) is 22.4. The fourth-order valence-electron chi connectivity index (χ4n) is 6.87. The lowest BCUT2D eigenvalue weighted by Crippen LogP contribution is -2.61. The van der Waals surface area contributed by atoms with E-state index in [0.29, 0.717) is 41.8 Å². The van der Waals surface area contributed by atoms with E-state index in [1.807, 2.05) is 4.90 Å². The summed E-state index contributed by atoms with van der Waals surface area (Å²) in [5.41, 5.74) is 8.05. The molecule has 3 fully saturated rings. The van der Waals surface area contributed by atoms with E-state index in [0.717, 1.165) is 49.2 Å². The number of halogens is 6. The van der Waals surface area contributed by atoms with Crippen LogP contribution in [-0.4, -0.2) is 70.0 Å². The first kappa shape index (κ1) is 29.4. The molecule has 6 heterocycles. The molecule has 45 heavy (non-hydrogen) atoms. The van der Waals surface area contributed by atoms with Crippen molar-refractivity contribution < 1.29 is 31.1 Å². The highest BCUT2D eigenvalue weighted by molar-refractivity contribution is 5.91. The van der Waals surface area contributed by atoms with Crippen LogP contribution in [0.5, 0.6) is 0 Å². The molecular weight excluding hydrogens is 606 g/mol.